The minimum atomic E-state index is -5.93. The fourth-order valence-corrected chi connectivity index (χ4v) is 9.30. The highest BCUT2D eigenvalue weighted by atomic mass is 32.2. The van der Waals surface area contributed by atoms with Crippen molar-refractivity contribution >= 4 is 48.1 Å². The molecule has 0 aromatic rings. The Labute approximate surface area is 150 Å². The van der Waals surface area contributed by atoms with Crippen LogP contribution < -0.4 is 0 Å². The summed E-state index contributed by atoms with van der Waals surface area (Å²) in [7, 11) is -23.7. The number of rotatable bonds is 10. The van der Waals surface area contributed by atoms with Crippen molar-refractivity contribution in [3.8, 4) is 0 Å². The Bertz CT molecular complexity index is 610. The zero-order valence-corrected chi connectivity index (χ0v) is 17.0. The fourth-order valence-electron chi connectivity index (χ4n) is 1.86. The normalized spacial score (nSPS) is 15.7. The molecular formula is C6H17NO14P4S. The lowest BCUT2D eigenvalue weighted by molar-refractivity contribution is -0.133. The number of thioether (sulfide) groups is 1. The molecule has 20 heteroatoms. The molecule has 0 aliphatic heterocycles. The third-order valence-corrected chi connectivity index (χ3v) is 10.8. The third kappa shape index (κ3) is 7.78. The fraction of sp³-hybridized carbons (Fsp3) is 0.833. The summed E-state index contributed by atoms with van der Waals surface area (Å²) < 4.78 is 46.2. The van der Waals surface area contributed by atoms with Crippen molar-refractivity contribution in [3.05, 3.63) is 0 Å². The van der Waals surface area contributed by atoms with Crippen LogP contribution in [0.25, 0.3) is 0 Å². The Morgan fingerprint density at radius 3 is 1.27 bits per heavy atom. The maximum absolute atomic E-state index is 11.5. The first-order chi connectivity index (χ1) is 11.2. The van der Waals surface area contributed by atoms with E-state index in [4.69, 9.17) is 5.11 Å². The van der Waals surface area contributed by atoms with Gasteiger partial charge in [-0.2, -0.15) is 0 Å². The van der Waals surface area contributed by atoms with Crippen LogP contribution >= 0.6 is 42.1 Å². The topological polar surface area (TPSA) is 271 Å². The number of hydrogen-bond acceptors (Lipinski definition) is 7. The third-order valence-electron chi connectivity index (χ3n) is 2.60. The highest BCUT2D eigenvalue weighted by Crippen LogP contribution is 2.69. The second-order valence-corrected chi connectivity index (χ2v) is 13.6. The van der Waals surface area contributed by atoms with Gasteiger partial charge in [-0.1, -0.05) is 0 Å². The highest BCUT2D eigenvalue weighted by molar-refractivity contribution is 8.00. The number of carbonyl (C=O) groups is 1. The van der Waals surface area contributed by atoms with Crippen LogP contribution in [0.4, 0.5) is 0 Å². The first-order valence-corrected chi connectivity index (χ1v) is 13.8. The van der Waals surface area contributed by atoms with Crippen LogP contribution in [-0.4, -0.2) is 77.3 Å². The molecule has 0 aliphatic carbocycles. The van der Waals surface area contributed by atoms with E-state index in [1.807, 2.05) is 0 Å². The number of hydrogen-bond donors (Lipinski definition) is 9. The Morgan fingerprint density at radius 2 is 1.08 bits per heavy atom. The average Bonchev–Trinajstić information content (AvgIpc) is 2.27. The van der Waals surface area contributed by atoms with E-state index >= 15 is 0 Å². The summed E-state index contributed by atoms with van der Waals surface area (Å²) in [5.41, 5.74) is -6.67. The van der Waals surface area contributed by atoms with Crippen molar-refractivity contribution in [2.75, 3.05) is 5.75 Å². The maximum Gasteiger partial charge on any atom is 0.355 e. The molecule has 156 valence electrons. The van der Waals surface area contributed by atoms with Gasteiger partial charge in [-0.25, -0.2) is 4.90 Å². The zero-order valence-electron chi connectivity index (χ0n) is 12.6. The first-order valence-electron chi connectivity index (χ1n) is 6.02. The van der Waals surface area contributed by atoms with Gasteiger partial charge >= 0.3 is 36.4 Å². The van der Waals surface area contributed by atoms with Crippen LogP contribution in [0.5, 0.6) is 0 Å². The van der Waals surface area contributed by atoms with E-state index in [1.54, 1.807) is 0 Å². The second-order valence-electron chi connectivity index (χ2n) is 4.80. The van der Waals surface area contributed by atoms with E-state index in [-0.39, 0.29) is 11.8 Å². The molecule has 1 atom stereocenters. The van der Waals surface area contributed by atoms with Crippen molar-refractivity contribution in [2.45, 2.75) is 23.3 Å². The lowest BCUT2D eigenvalue weighted by Crippen LogP contribution is -2.47. The van der Waals surface area contributed by atoms with E-state index in [1.165, 1.54) is 0 Å². The van der Waals surface area contributed by atoms with Gasteiger partial charge in [-0.3, -0.25) is 23.1 Å². The maximum atomic E-state index is 11.5. The molecule has 0 rings (SSSR count). The van der Waals surface area contributed by atoms with Crippen LogP contribution in [0.15, 0.2) is 0 Å². The van der Waals surface area contributed by atoms with Gasteiger partial charge in [0.25, 0.3) is 0 Å². The van der Waals surface area contributed by atoms with Crippen LogP contribution in [0, 0.1) is 0 Å². The van der Waals surface area contributed by atoms with Crippen molar-refractivity contribution in [1.29, 1.82) is 0 Å². The minimum absolute atomic E-state index is 0.167. The monoisotopic (exact) mass is 483 g/mol. The van der Waals surface area contributed by atoms with Gasteiger partial charge in [0.2, 0.25) is 11.0 Å². The molecule has 0 fully saturated rings. The van der Waals surface area contributed by atoms with Gasteiger partial charge in [0.1, 0.15) is 0 Å². The molecule has 0 heterocycles. The standard InChI is InChI=1S/C6H17NO14P4S/c1-3(26-2-4(8)9)7(5(22(10,11)12)23(13,14)15)6(24(16,17)18)25(19,20)21/h3,5-6H,2H2,1H3,(H,8,9)(H2,10,11,12)(H2,13,14,15)(H2,16,17,18)(H2,19,20,21). The molecule has 9 N–H and O–H groups in total. The van der Waals surface area contributed by atoms with Gasteiger partial charge in [0, 0.05) is 0 Å². The summed E-state index contributed by atoms with van der Waals surface area (Å²) in [6.45, 7) is 0.810. The minimum Gasteiger partial charge on any atom is -0.481 e. The summed E-state index contributed by atoms with van der Waals surface area (Å²) in [5, 5.41) is 6.76. The van der Waals surface area contributed by atoms with E-state index in [0.717, 1.165) is 6.92 Å². The van der Waals surface area contributed by atoms with Crippen LogP contribution in [-0.2, 0) is 23.1 Å². The smallest absolute Gasteiger partial charge is 0.355 e. The second kappa shape index (κ2) is 8.81. The lowest BCUT2D eigenvalue weighted by atomic mass is 10.7. The predicted octanol–water partition coefficient (Wildman–Crippen LogP) is -1.27. The number of nitrogens with zero attached hydrogens (tertiary/aromatic N) is 1. The summed E-state index contributed by atoms with van der Waals surface area (Å²) in [6, 6.07) is 0. The van der Waals surface area contributed by atoms with Crippen LogP contribution in [0.1, 0.15) is 6.92 Å². The predicted molar refractivity (Wildman–Crippen MR) is 87.1 cm³/mol. The molecule has 0 radical (unpaired) electrons. The van der Waals surface area contributed by atoms with Gasteiger partial charge in [0.05, 0.1) is 11.1 Å². The van der Waals surface area contributed by atoms with E-state index in [9.17, 15) is 62.2 Å². The lowest BCUT2D eigenvalue weighted by Gasteiger charge is -2.40. The average molecular weight is 483 g/mol. The van der Waals surface area contributed by atoms with E-state index in [0.29, 0.717) is 0 Å². The zero-order chi connectivity index (χ0) is 21.3. The summed E-state index contributed by atoms with van der Waals surface area (Å²) in [6.07, 6.45) is 0. The number of carboxylic acid groups (broad SMARTS) is 1. The Hall–Kier alpha value is 0.380. The van der Waals surface area contributed by atoms with Crippen molar-refractivity contribution in [2.24, 2.45) is 0 Å². The van der Waals surface area contributed by atoms with Gasteiger partial charge in [-0.05, 0) is 6.92 Å². The molecule has 0 saturated heterocycles. The summed E-state index contributed by atoms with van der Waals surface area (Å²) >= 11 is 0.167. The molecule has 0 spiro atoms. The summed E-state index contributed by atoms with van der Waals surface area (Å²) in [4.78, 5) is 84.1. The molecule has 15 nitrogen and oxygen atoms in total. The molecule has 0 aliphatic rings. The molecule has 1 unspecified atom stereocenters. The van der Waals surface area contributed by atoms with Crippen LogP contribution in [0.3, 0.4) is 0 Å². The van der Waals surface area contributed by atoms with E-state index < -0.39 is 63.4 Å². The van der Waals surface area contributed by atoms with Crippen molar-refractivity contribution in [1.82, 2.24) is 4.90 Å². The molecule has 0 aromatic carbocycles. The Balaban J connectivity index is 6.65. The number of carboxylic acids is 1. The highest BCUT2D eigenvalue weighted by Gasteiger charge is 2.59. The van der Waals surface area contributed by atoms with E-state index in [2.05, 4.69) is 0 Å². The molecule has 0 saturated carbocycles. The molecule has 0 aromatic heterocycles. The largest absolute Gasteiger partial charge is 0.481 e. The van der Waals surface area contributed by atoms with Crippen molar-refractivity contribution < 1.29 is 67.3 Å². The number of aliphatic carboxylic acids is 1. The van der Waals surface area contributed by atoms with Crippen LogP contribution in [0.2, 0.25) is 0 Å². The van der Waals surface area contributed by atoms with Crippen molar-refractivity contribution in [3.63, 3.8) is 0 Å². The molecule has 0 amide bonds. The molecule has 0 bridgehead atoms. The molecule has 26 heavy (non-hydrogen) atoms. The Kier molecular flexibility index (Phi) is 8.94. The van der Waals surface area contributed by atoms with Gasteiger partial charge in [-0.15, -0.1) is 11.8 Å². The van der Waals surface area contributed by atoms with Gasteiger partial charge < -0.3 is 44.3 Å². The summed E-state index contributed by atoms with van der Waals surface area (Å²) in [5.74, 6) is -2.39. The first kappa shape index (κ1) is 26.4. The quantitative estimate of drug-likeness (QED) is 0.129. The SMILES string of the molecule is CC(SCC(=O)O)N(C(P(=O)(O)O)P(=O)(O)O)C(P(=O)(O)O)P(=O)(O)O. The Morgan fingerprint density at radius 1 is 0.808 bits per heavy atom. The van der Waals surface area contributed by atoms with Gasteiger partial charge in [0.15, 0.2) is 0 Å². The molecular weight excluding hydrogens is 466 g/mol.